The number of rotatable bonds is 6. The first kappa shape index (κ1) is 21.1. The van der Waals surface area contributed by atoms with Crippen LogP contribution in [0, 0.1) is 6.92 Å². The van der Waals surface area contributed by atoms with Gasteiger partial charge >= 0.3 is 0 Å². The standard InChI is InChI=1S/C25H29N5OS/c1-19-6-4-7-20(18-19)29-11-5-9-22(29)24-23(21-8-2-3-10-26-21)27-25(32)30(24)13-12-28-14-16-31-17-15-28/h2-11,18,23-24H,12-17H2,1H3,(H,27,32)/t23-,24-/m0/s1. The molecule has 1 N–H and O–H groups in total. The smallest absolute Gasteiger partial charge is 0.170 e. The Balaban J connectivity index is 1.50. The minimum Gasteiger partial charge on any atom is -0.379 e. The van der Waals surface area contributed by atoms with Crippen molar-refractivity contribution in [1.29, 1.82) is 0 Å². The molecule has 2 aromatic heterocycles. The van der Waals surface area contributed by atoms with E-state index in [-0.39, 0.29) is 12.1 Å². The molecule has 0 spiro atoms. The Kier molecular flexibility index (Phi) is 6.21. The third kappa shape index (κ3) is 4.28. The molecule has 2 aliphatic rings. The molecule has 7 heteroatoms. The van der Waals surface area contributed by atoms with Crippen molar-refractivity contribution < 1.29 is 4.74 Å². The van der Waals surface area contributed by atoms with Crippen molar-refractivity contribution in [3.8, 4) is 5.69 Å². The summed E-state index contributed by atoms with van der Waals surface area (Å²) in [4.78, 5) is 9.47. The Morgan fingerprint density at radius 3 is 2.72 bits per heavy atom. The van der Waals surface area contributed by atoms with Gasteiger partial charge in [0.2, 0.25) is 0 Å². The number of thiocarbonyl (C=S) groups is 1. The Bertz CT molecular complexity index is 1060. The highest BCUT2D eigenvalue weighted by atomic mass is 32.1. The summed E-state index contributed by atoms with van der Waals surface area (Å²) in [6.45, 7) is 7.51. The molecular formula is C25H29N5OS. The van der Waals surface area contributed by atoms with Crippen LogP contribution in [0.15, 0.2) is 67.0 Å². The number of hydrogen-bond donors (Lipinski definition) is 1. The molecule has 5 rings (SSSR count). The molecule has 2 fully saturated rings. The molecule has 166 valence electrons. The highest BCUT2D eigenvalue weighted by molar-refractivity contribution is 7.80. The maximum absolute atomic E-state index is 5.85. The summed E-state index contributed by atoms with van der Waals surface area (Å²) in [7, 11) is 0. The van der Waals surface area contributed by atoms with E-state index in [0.717, 1.165) is 55.9 Å². The second-order valence-corrected chi connectivity index (χ2v) is 8.80. The molecule has 0 aliphatic carbocycles. The number of pyridine rings is 1. The third-order valence-corrected chi connectivity index (χ3v) is 6.67. The van der Waals surface area contributed by atoms with Gasteiger partial charge in [0.05, 0.1) is 31.0 Å². The lowest BCUT2D eigenvalue weighted by Gasteiger charge is -2.32. The fourth-order valence-electron chi connectivity index (χ4n) is 4.69. The second kappa shape index (κ2) is 9.40. The zero-order valence-corrected chi connectivity index (χ0v) is 19.2. The van der Waals surface area contributed by atoms with E-state index < -0.39 is 0 Å². The van der Waals surface area contributed by atoms with Crippen molar-refractivity contribution in [3.63, 3.8) is 0 Å². The first-order chi connectivity index (χ1) is 15.7. The summed E-state index contributed by atoms with van der Waals surface area (Å²) in [5.74, 6) is 0. The van der Waals surface area contributed by atoms with Gasteiger partial charge in [-0.1, -0.05) is 18.2 Å². The topological polar surface area (TPSA) is 45.6 Å². The number of hydrogen-bond acceptors (Lipinski definition) is 4. The first-order valence-electron chi connectivity index (χ1n) is 11.2. The van der Waals surface area contributed by atoms with Crippen LogP contribution >= 0.6 is 12.2 Å². The van der Waals surface area contributed by atoms with Crippen molar-refractivity contribution in [2.75, 3.05) is 39.4 Å². The number of aromatic nitrogens is 2. The van der Waals surface area contributed by atoms with Gasteiger partial charge in [-0.25, -0.2) is 0 Å². The van der Waals surface area contributed by atoms with Gasteiger partial charge in [-0.2, -0.15) is 0 Å². The average Bonchev–Trinajstić information content (AvgIpc) is 3.43. The molecule has 2 atom stereocenters. The maximum atomic E-state index is 5.85. The SMILES string of the molecule is Cc1cccc(-n2cccc2[C@H]2[C@H](c3ccccn3)NC(=S)N2CCN2CCOCC2)c1. The number of nitrogens with one attached hydrogen (secondary N) is 1. The number of nitrogens with zero attached hydrogens (tertiary/aromatic N) is 4. The molecule has 6 nitrogen and oxygen atoms in total. The summed E-state index contributed by atoms with van der Waals surface area (Å²) >= 11 is 5.85. The molecule has 0 unspecified atom stereocenters. The van der Waals surface area contributed by atoms with Gasteiger partial charge in [-0.05, 0) is 61.1 Å². The van der Waals surface area contributed by atoms with E-state index in [1.54, 1.807) is 0 Å². The number of aryl methyl sites for hydroxylation is 1. The van der Waals surface area contributed by atoms with Gasteiger partial charge in [0.25, 0.3) is 0 Å². The zero-order chi connectivity index (χ0) is 21.9. The number of ether oxygens (including phenoxy) is 1. The van der Waals surface area contributed by atoms with E-state index in [9.17, 15) is 0 Å². The Hall–Kier alpha value is -2.74. The van der Waals surface area contributed by atoms with Crippen molar-refractivity contribution in [3.05, 3.63) is 83.9 Å². The summed E-state index contributed by atoms with van der Waals surface area (Å²) in [6, 6.07) is 19.1. The number of morpholine rings is 1. The Morgan fingerprint density at radius 1 is 1.06 bits per heavy atom. The molecule has 2 aliphatic heterocycles. The number of benzene rings is 1. The van der Waals surface area contributed by atoms with Crippen molar-refractivity contribution in [2.24, 2.45) is 0 Å². The molecule has 0 saturated carbocycles. The lowest BCUT2D eigenvalue weighted by atomic mass is 10.0. The molecule has 32 heavy (non-hydrogen) atoms. The van der Waals surface area contributed by atoms with Crippen LogP contribution < -0.4 is 5.32 Å². The first-order valence-corrected chi connectivity index (χ1v) is 11.6. The van der Waals surface area contributed by atoms with Gasteiger partial charge in [0.15, 0.2) is 5.11 Å². The lowest BCUT2D eigenvalue weighted by Crippen LogP contribution is -2.42. The van der Waals surface area contributed by atoms with Crippen LogP contribution in [0.5, 0.6) is 0 Å². The van der Waals surface area contributed by atoms with E-state index in [4.69, 9.17) is 17.0 Å². The highest BCUT2D eigenvalue weighted by Gasteiger charge is 2.41. The molecule has 0 radical (unpaired) electrons. The van der Waals surface area contributed by atoms with Crippen LogP contribution in [0.25, 0.3) is 5.69 Å². The quantitative estimate of drug-likeness (QED) is 0.584. The molecular weight excluding hydrogens is 418 g/mol. The van der Waals surface area contributed by atoms with Gasteiger partial charge in [-0.15, -0.1) is 0 Å². The average molecular weight is 448 g/mol. The van der Waals surface area contributed by atoms with E-state index in [2.05, 4.69) is 80.3 Å². The monoisotopic (exact) mass is 447 g/mol. The van der Waals surface area contributed by atoms with Crippen LogP contribution in [0.4, 0.5) is 0 Å². The van der Waals surface area contributed by atoms with Gasteiger partial charge in [0.1, 0.15) is 0 Å². The summed E-state index contributed by atoms with van der Waals surface area (Å²) in [5, 5.41) is 4.36. The largest absolute Gasteiger partial charge is 0.379 e. The Labute approximate surface area is 194 Å². The lowest BCUT2D eigenvalue weighted by molar-refractivity contribution is 0.0349. The van der Waals surface area contributed by atoms with E-state index in [1.807, 2.05) is 18.3 Å². The molecule has 1 aromatic carbocycles. The van der Waals surface area contributed by atoms with Gasteiger partial charge < -0.3 is 19.5 Å². The predicted molar refractivity (Wildman–Crippen MR) is 130 cm³/mol. The van der Waals surface area contributed by atoms with Crippen LogP contribution in [0.1, 0.15) is 29.0 Å². The van der Waals surface area contributed by atoms with Crippen LogP contribution in [-0.2, 0) is 4.74 Å². The highest BCUT2D eigenvalue weighted by Crippen LogP contribution is 2.39. The fourth-order valence-corrected chi connectivity index (χ4v) is 5.02. The normalized spacial score (nSPS) is 21.7. The third-order valence-electron chi connectivity index (χ3n) is 6.32. The molecule has 0 amide bonds. The summed E-state index contributed by atoms with van der Waals surface area (Å²) in [6.07, 6.45) is 3.99. The van der Waals surface area contributed by atoms with Gasteiger partial charge in [-0.3, -0.25) is 9.88 Å². The van der Waals surface area contributed by atoms with Crippen LogP contribution in [-0.4, -0.2) is 63.9 Å². The second-order valence-electron chi connectivity index (χ2n) is 8.42. The summed E-state index contributed by atoms with van der Waals surface area (Å²) in [5.41, 5.74) is 4.62. The van der Waals surface area contributed by atoms with Crippen molar-refractivity contribution >= 4 is 17.3 Å². The minimum absolute atomic E-state index is 0.00755. The van der Waals surface area contributed by atoms with E-state index in [0.29, 0.717) is 0 Å². The van der Waals surface area contributed by atoms with Gasteiger partial charge in [0, 0.05) is 50.0 Å². The Morgan fingerprint density at radius 2 is 1.94 bits per heavy atom. The van der Waals surface area contributed by atoms with E-state index >= 15 is 0 Å². The van der Waals surface area contributed by atoms with Crippen LogP contribution in [0.3, 0.4) is 0 Å². The predicted octanol–water partition coefficient (Wildman–Crippen LogP) is 3.49. The zero-order valence-electron chi connectivity index (χ0n) is 18.4. The molecule has 0 bridgehead atoms. The van der Waals surface area contributed by atoms with Crippen molar-refractivity contribution in [2.45, 2.75) is 19.0 Å². The molecule has 4 heterocycles. The fraction of sp³-hybridized carbons (Fsp3) is 0.360. The maximum Gasteiger partial charge on any atom is 0.170 e. The molecule has 2 saturated heterocycles. The van der Waals surface area contributed by atoms with Crippen LogP contribution in [0.2, 0.25) is 0 Å². The molecule has 3 aromatic rings. The summed E-state index contributed by atoms with van der Waals surface area (Å²) < 4.78 is 7.80. The minimum atomic E-state index is -0.00755. The van der Waals surface area contributed by atoms with E-state index in [1.165, 1.54) is 11.3 Å². The van der Waals surface area contributed by atoms with Crippen molar-refractivity contribution in [1.82, 2.24) is 24.7 Å².